The van der Waals surface area contributed by atoms with Crippen LogP contribution in [-0.4, -0.2) is 49.9 Å². The van der Waals surface area contributed by atoms with Gasteiger partial charge >= 0.3 is 0 Å². The first kappa shape index (κ1) is 20.8. The van der Waals surface area contributed by atoms with Gasteiger partial charge in [-0.25, -0.2) is 4.98 Å². The second-order valence-corrected chi connectivity index (χ2v) is 23.6. The molecule has 0 atom stereocenters. The van der Waals surface area contributed by atoms with E-state index in [2.05, 4.69) is 73.1 Å². The van der Waals surface area contributed by atoms with Crippen molar-refractivity contribution in [3.8, 4) is 5.88 Å². The number of hydrogen-bond acceptors (Lipinski definition) is 5. The van der Waals surface area contributed by atoms with Crippen molar-refractivity contribution in [1.29, 1.82) is 0 Å². The number of anilines is 1. The second kappa shape index (κ2) is 6.57. The van der Waals surface area contributed by atoms with Crippen LogP contribution < -0.4 is 8.99 Å². The van der Waals surface area contributed by atoms with E-state index in [4.69, 9.17) is 9.41 Å². The quantitative estimate of drug-likeness (QED) is 0.700. The molecule has 144 valence electrons. The van der Waals surface area contributed by atoms with Crippen molar-refractivity contribution in [3.05, 3.63) is 6.33 Å². The van der Waals surface area contributed by atoms with Crippen LogP contribution in [0, 0.1) is 0 Å². The van der Waals surface area contributed by atoms with E-state index in [1.54, 1.807) is 11.5 Å². The molecule has 2 heterocycles. The first-order valence-electron chi connectivity index (χ1n) is 8.86. The Morgan fingerprint density at radius 2 is 1.62 bits per heavy atom. The monoisotopic (exact) mass is 409 g/mol. The average Bonchev–Trinajstić information content (AvgIpc) is 2.78. The minimum Gasteiger partial charge on any atom is -0.530 e. The van der Waals surface area contributed by atoms with Gasteiger partial charge in [-0.3, -0.25) is 4.79 Å². The molecule has 10 heteroatoms. The number of hydrogen-bond donors (Lipinski definition) is 0. The first-order valence-corrected chi connectivity index (χ1v) is 19.2. The maximum absolute atomic E-state index is 12.4. The predicted octanol–water partition coefficient (Wildman–Crippen LogP) is 3.91. The maximum Gasteiger partial charge on any atom is 0.244 e. The van der Waals surface area contributed by atoms with E-state index in [1.165, 1.54) is 0 Å². The predicted molar refractivity (Wildman–Crippen MR) is 115 cm³/mol. The standard InChI is InChI=1S/C16H31N5O2Si3/c1-12(22)21(25(5,6)7)16-18-14-13(15(19-16)23-26(8,9)10)17-11-20(14)24(2,3)4/h11H,1-10H3. The molecule has 0 unspecified atom stereocenters. The lowest BCUT2D eigenvalue weighted by Gasteiger charge is -2.32. The zero-order valence-electron chi connectivity index (χ0n) is 17.6. The molecular weight excluding hydrogens is 378 g/mol. The van der Waals surface area contributed by atoms with Crippen LogP contribution in [0.2, 0.25) is 58.9 Å². The Balaban J connectivity index is 2.81. The number of imidazole rings is 1. The maximum atomic E-state index is 12.4. The summed E-state index contributed by atoms with van der Waals surface area (Å²) in [5.74, 6) is 0.879. The van der Waals surface area contributed by atoms with E-state index in [0.29, 0.717) is 17.3 Å². The van der Waals surface area contributed by atoms with Crippen molar-refractivity contribution in [3.63, 3.8) is 0 Å². The first-order chi connectivity index (χ1) is 11.6. The van der Waals surface area contributed by atoms with Gasteiger partial charge in [0.1, 0.15) is 0 Å². The van der Waals surface area contributed by atoms with Crippen LogP contribution in [0.4, 0.5) is 5.95 Å². The molecule has 1 amide bonds. The van der Waals surface area contributed by atoms with E-state index in [9.17, 15) is 4.79 Å². The molecular formula is C16H31N5O2Si3. The highest BCUT2D eigenvalue weighted by atomic mass is 28.4. The van der Waals surface area contributed by atoms with Gasteiger partial charge in [0.25, 0.3) is 0 Å². The van der Waals surface area contributed by atoms with Gasteiger partial charge < -0.3 is 13.2 Å². The Hall–Kier alpha value is -1.53. The van der Waals surface area contributed by atoms with Gasteiger partial charge in [-0.15, -0.1) is 0 Å². The highest BCUT2D eigenvalue weighted by molar-refractivity contribution is 6.82. The molecule has 0 saturated carbocycles. The molecule has 2 aromatic heterocycles. The topological polar surface area (TPSA) is 73.1 Å². The Kier molecular flexibility index (Phi) is 5.25. The van der Waals surface area contributed by atoms with Crippen molar-refractivity contribution in [2.24, 2.45) is 0 Å². The van der Waals surface area contributed by atoms with Gasteiger partial charge in [-0.05, 0) is 19.6 Å². The third-order valence-electron chi connectivity index (χ3n) is 3.66. The lowest BCUT2D eigenvalue weighted by molar-refractivity contribution is -0.115. The van der Waals surface area contributed by atoms with Crippen molar-refractivity contribution >= 4 is 47.8 Å². The van der Waals surface area contributed by atoms with E-state index >= 15 is 0 Å². The van der Waals surface area contributed by atoms with E-state index in [0.717, 1.165) is 5.65 Å². The molecule has 0 aromatic carbocycles. The van der Waals surface area contributed by atoms with E-state index in [1.807, 2.05) is 6.33 Å². The summed E-state index contributed by atoms with van der Waals surface area (Å²) in [6, 6.07) is 0. The van der Waals surface area contributed by atoms with Gasteiger partial charge in [-0.1, -0.05) is 39.3 Å². The number of fused-ring (bicyclic) bond motifs is 1. The fourth-order valence-corrected chi connectivity index (χ4v) is 6.29. The summed E-state index contributed by atoms with van der Waals surface area (Å²) in [5.41, 5.74) is 1.43. The van der Waals surface area contributed by atoms with Crippen molar-refractivity contribution in [2.45, 2.75) is 65.8 Å². The Bertz CT molecular complexity index is 831. The normalized spacial score (nSPS) is 13.2. The minimum atomic E-state index is -2.01. The lowest BCUT2D eigenvalue weighted by Crippen LogP contribution is -2.50. The third kappa shape index (κ3) is 4.41. The van der Waals surface area contributed by atoms with Gasteiger partial charge in [-0.2, -0.15) is 9.97 Å². The summed E-state index contributed by atoms with van der Waals surface area (Å²) in [4.78, 5) is 26.4. The molecule has 0 aliphatic rings. The third-order valence-corrected chi connectivity index (χ3v) is 8.10. The largest absolute Gasteiger partial charge is 0.530 e. The highest BCUT2D eigenvalue weighted by Crippen LogP contribution is 2.29. The minimum absolute atomic E-state index is 0.0402. The number of amides is 1. The smallest absolute Gasteiger partial charge is 0.244 e. The van der Waals surface area contributed by atoms with Crippen LogP contribution in [-0.2, 0) is 4.79 Å². The SMILES string of the molecule is CC(=O)N(c1nc(O[Si](C)(C)C)c2ncn([Si](C)(C)C)c2n1)[Si](C)(C)C. The summed E-state index contributed by atoms with van der Waals surface area (Å²) in [6.07, 6.45) is 1.83. The molecule has 26 heavy (non-hydrogen) atoms. The number of nitrogens with zero attached hydrogens (tertiary/aromatic N) is 5. The van der Waals surface area contributed by atoms with Crippen molar-refractivity contribution in [2.75, 3.05) is 4.57 Å². The molecule has 0 radical (unpaired) electrons. The van der Waals surface area contributed by atoms with Crippen LogP contribution in [0.5, 0.6) is 5.88 Å². The van der Waals surface area contributed by atoms with Crippen LogP contribution in [0.15, 0.2) is 6.33 Å². The second-order valence-electron chi connectivity index (χ2n) is 9.53. The molecule has 7 nitrogen and oxygen atoms in total. The molecule has 0 fully saturated rings. The van der Waals surface area contributed by atoms with Gasteiger partial charge in [0.2, 0.25) is 26.1 Å². The molecule has 2 aromatic rings. The summed E-state index contributed by atoms with van der Waals surface area (Å²) >= 11 is 0. The molecule has 0 spiro atoms. The van der Waals surface area contributed by atoms with Crippen LogP contribution in [0.1, 0.15) is 6.92 Å². The molecule has 0 aliphatic heterocycles. The van der Waals surface area contributed by atoms with Crippen molar-refractivity contribution < 1.29 is 9.22 Å². The zero-order valence-corrected chi connectivity index (χ0v) is 20.6. The number of rotatable bonds is 5. The molecule has 0 bridgehead atoms. The molecule has 2 rings (SSSR count). The number of carbonyl (C=O) groups excluding carboxylic acids is 1. The Morgan fingerprint density at radius 1 is 1.04 bits per heavy atom. The fraction of sp³-hybridized carbons (Fsp3) is 0.625. The summed E-state index contributed by atoms with van der Waals surface area (Å²) < 4.78 is 10.1. The van der Waals surface area contributed by atoms with Gasteiger partial charge in [0, 0.05) is 6.92 Å². The van der Waals surface area contributed by atoms with Crippen LogP contribution >= 0.6 is 0 Å². The molecule has 0 N–H and O–H groups in total. The molecule has 0 saturated heterocycles. The van der Waals surface area contributed by atoms with Gasteiger partial charge in [0.05, 0.1) is 6.33 Å². The van der Waals surface area contributed by atoms with E-state index in [-0.39, 0.29) is 5.91 Å². The van der Waals surface area contributed by atoms with Gasteiger partial charge in [0.15, 0.2) is 27.6 Å². The number of carbonyl (C=O) groups is 1. The van der Waals surface area contributed by atoms with Crippen LogP contribution in [0.25, 0.3) is 11.2 Å². The summed E-state index contributed by atoms with van der Waals surface area (Å²) in [5, 5.41) is 0. The highest BCUT2D eigenvalue weighted by Gasteiger charge is 2.33. The van der Waals surface area contributed by atoms with Crippen molar-refractivity contribution in [1.82, 2.24) is 19.2 Å². The Morgan fingerprint density at radius 3 is 2.04 bits per heavy atom. The van der Waals surface area contributed by atoms with Crippen LogP contribution in [0.3, 0.4) is 0 Å². The number of aromatic nitrogens is 4. The fourth-order valence-electron chi connectivity index (χ4n) is 2.73. The zero-order chi connectivity index (χ0) is 20.1. The lowest BCUT2D eigenvalue weighted by atomic mass is 10.5. The average molecular weight is 410 g/mol. The summed E-state index contributed by atoms with van der Waals surface area (Å²) in [7, 11) is -5.64. The Labute approximate surface area is 159 Å². The summed E-state index contributed by atoms with van der Waals surface area (Å²) in [6.45, 7) is 20.9. The molecule has 0 aliphatic carbocycles. The van der Waals surface area contributed by atoms with E-state index < -0.39 is 24.8 Å².